The molecule has 0 saturated carbocycles. The van der Waals surface area contributed by atoms with E-state index in [1.165, 1.54) is 6.07 Å². The van der Waals surface area contributed by atoms with Gasteiger partial charge in [0.2, 0.25) is 10.0 Å². The molecular formula is C20H18F3N5O2S. The molecule has 3 aromatic rings. The van der Waals surface area contributed by atoms with Crippen molar-refractivity contribution in [2.75, 3.05) is 11.9 Å². The third-order valence-electron chi connectivity index (χ3n) is 4.85. The van der Waals surface area contributed by atoms with E-state index in [1.807, 2.05) is 0 Å². The molecule has 0 unspecified atom stereocenters. The molecule has 1 N–H and O–H groups in total. The second-order valence-electron chi connectivity index (χ2n) is 7.00. The van der Waals surface area contributed by atoms with Gasteiger partial charge in [0.15, 0.2) is 0 Å². The van der Waals surface area contributed by atoms with Crippen molar-refractivity contribution in [3.8, 4) is 0 Å². The van der Waals surface area contributed by atoms with Crippen LogP contribution in [-0.2, 0) is 29.2 Å². The summed E-state index contributed by atoms with van der Waals surface area (Å²) in [6.07, 6.45) is -2.72. The fourth-order valence-electron chi connectivity index (χ4n) is 3.36. The van der Waals surface area contributed by atoms with Crippen molar-refractivity contribution in [1.82, 2.24) is 19.3 Å². The van der Waals surface area contributed by atoms with Crippen molar-refractivity contribution in [1.29, 1.82) is 0 Å². The summed E-state index contributed by atoms with van der Waals surface area (Å²) in [4.78, 5) is 12.6. The van der Waals surface area contributed by atoms with Gasteiger partial charge in [0.25, 0.3) is 0 Å². The number of benzene rings is 1. The first kappa shape index (κ1) is 21.2. The molecule has 0 bridgehead atoms. The van der Waals surface area contributed by atoms with Gasteiger partial charge in [-0.05, 0) is 37.3 Å². The summed E-state index contributed by atoms with van der Waals surface area (Å²) in [7, 11) is -4.15. The molecule has 0 aliphatic carbocycles. The van der Waals surface area contributed by atoms with Crippen LogP contribution in [-0.4, -0.2) is 34.2 Å². The monoisotopic (exact) mass is 449 g/mol. The van der Waals surface area contributed by atoms with E-state index < -0.39 is 26.7 Å². The summed E-state index contributed by atoms with van der Waals surface area (Å²) < 4.78 is 66.5. The van der Waals surface area contributed by atoms with Gasteiger partial charge in [0.1, 0.15) is 17.5 Å². The Hall–Kier alpha value is -3.05. The van der Waals surface area contributed by atoms with Gasteiger partial charge in [-0.2, -0.15) is 17.5 Å². The number of nitrogens with zero attached hydrogens (tertiary/aromatic N) is 4. The molecule has 162 valence electrons. The van der Waals surface area contributed by atoms with Crippen LogP contribution in [0.3, 0.4) is 0 Å². The maximum Gasteiger partial charge on any atom is 0.416 e. The lowest BCUT2D eigenvalue weighted by Gasteiger charge is -2.29. The predicted molar refractivity (Wildman–Crippen MR) is 107 cm³/mol. The average molecular weight is 449 g/mol. The van der Waals surface area contributed by atoms with Gasteiger partial charge in [-0.1, -0.05) is 12.1 Å². The highest BCUT2D eigenvalue weighted by Crippen LogP contribution is 2.33. The predicted octanol–water partition coefficient (Wildman–Crippen LogP) is 3.69. The molecule has 11 heteroatoms. The fraction of sp³-hybridized carbons (Fsp3) is 0.250. The number of aryl methyl sites for hydroxylation is 1. The van der Waals surface area contributed by atoms with Crippen LogP contribution in [0.2, 0.25) is 0 Å². The zero-order valence-corrected chi connectivity index (χ0v) is 17.2. The molecule has 4 rings (SSSR count). The highest BCUT2D eigenvalue weighted by atomic mass is 32.2. The molecular weight excluding hydrogens is 431 g/mol. The second kappa shape index (κ2) is 7.89. The number of aromatic nitrogens is 3. The zero-order valence-electron chi connectivity index (χ0n) is 16.4. The molecule has 1 aliphatic heterocycles. The molecule has 3 heterocycles. The molecule has 0 fully saturated rings. The summed E-state index contributed by atoms with van der Waals surface area (Å²) in [6.45, 7) is 1.77. The van der Waals surface area contributed by atoms with E-state index in [4.69, 9.17) is 0 Å². The molecule has 0 amide bonds. The van der Waals surface area contributed by atoms with E-state index in [-0.39, 0.29) is 13.1 Å². The number of alkyl halides is 3. The number of halogens is 3. The van der Waals surface area contributed by atoms with Gasteiger partial charge >= 0.3 is 6.18 Å². The van der Waals surface area contributed by atoms with E-state index in [2.05, 4.69) is 20.3 Å². The lowest BCUT2D eigenvalue weighted by Crippen LogP contribution is -2.37. The number of fused-ring (bicyclic) bond motifs is 1. The van der Waals surface area contributed by atoms with E-state index in [9.17, 15) is 21.6 Å². The van der Waals surface area contributed by atoms with Gasteiger partial charge < -0.3 is 5.32 Å². The van der Waals surface area contributed by atoms with E-state index in [1.54, 1.807) is 31.3 Å². The van der Waals surface area contributed by atoms with Crippen molar-refractivity contribution in [3.05, 3.63) is 71.3 Å². The third-order valence-corrected chi connectivity index (χ3v) is 6.69. The molecule has 1 aliphatic rings. The minimum atomic E-state index is -4.63. The van der Waals surface area contributed by atoms with Crippen LogP contribution in [0.1, 0.15) is 22.6 Å². The molecule has 0 radical (unpaired) electrons. The molecule has 2 aromatic heterocycles. The molecule has 0 spiro atoms. The Labute approximate surface area is 177 Å². The van der Waals surface area contributed by atoms with Gasteiger partial charge in [0, 0.05) is 31.3 Å². The lowest BCUT2D eigenvalue weighted by atomic mass is 10.1. The van der Waals surface area contributed by atoms with Crippen molar-refractivity contribution in [2.45, 2.75) is 31.0 Å². The summed E-state index contributed by atoms with van der Waals surface area (Å²) in [5.74, 6) is 1.47. The number of sulfonamides is 1. The molecule has 31 heavy (non-hydrogen) atoms. The van der Waals surface area contributed by atoms with Crippen molar-refractivity contribution < 1.29 is 21.6 Å². The Morgan fingerprint density at radius 2 is 1.90 bits per heavy atom. The second-order valence-corrected chi connectivity index (χ2v) is 8.94. The number of hydrogen-bond acceptors (Lipinski definition) is 6. The van der Waals surface area contributed by atoms with Crippen molar-refractivity contribution >= 4 is 21.7 Å². The number of pyridine rings is 1. The zero-order chi connectivity index (χ0) is 22.2. The lowest BCUT2D eigenvalue weighted by molar-refractivity contribution is -0.137. The Kier molecular flexibility index (Phi) is 5.40. The highest BCUT2D eigenvalue weighted by molar-refractivity contribution is 7.89. The van der Waals surface area contributed by atoms with E-state index >= 15 is 0 Å². The van der Waals surface area contributed by atoms with Crippen LogP contribution in [0.15, 0.2) is 53.6 Å². The Bertz CT molecular complexity index is 1220. The van der Waals surface area contributed by atoms with Gasteiger partial charge in [-0.15, -0.1) is 0 Å². The van der Waals surface area contributed by atoms with Crippen LogP contribution in [0, 0.1) is 6.92 Å². The SMILES string of the molecule is Cc1nc2c(c(Nc3ccccn3)n1)CN(S(=O)(=O)c1cccc(C(F)(F)F)c1)CC2. The van der Waals surface area contributed by atoms with Crippen LogP contribution < -0.4 is 5.32 Å². The molecule has 1 aromatic carbocycles. The minimum absolute atomic E-state index is 0.0661. The molecule has 0 atom stereocenters. The van der Waals surface area contributed by atoms with Gasteiger partial charge in [-0.25, -0.2) is 23.4 Å². The normalized spacial score (nSPS) is 14.8. The summed E-state index contributed by atoms with van der Waals surface area (Å²) in [6, 6.07) is 9.05. The number of nitrogens with one attached hydrogen (secondary N) is 1. The first-order valence-electron chi connectivity index (χ1n) is 9.36. The number of rotatable bonds is 4. The van der Waals surface area contributed by atoms with Crippen molar-refractivity contribution in [2.24, 2.45) is 0 Å². The Balaban J connectivity index is 1.68. The topological polar surface area (TPSA) is 88.1 Å². The van der Waals surface area contributed by atoms with E-state index in [0.29, 0.717) is 41.2 Å². The maximum absolute atomic E-state index is 13.1. The van der Waals surface area contributed by atoms with E-state index in [0.717, 1.165) is 16.4 Å². The van der Waals surface area contributed by atoms with Crippen molar-refractivity contribution in [3.63, 3.8) is 0 Å². The van der Waals surface area contributed by atoms with Crippen LogP contribution in [0.4, 0.5) is 24.8 Å². The largest absolute Gasteiger partial charge is 0.416 e. The van der Waals surface area contributed by atoms with Crippen LogP contribution >= 0.6 is 0 Å². The standard InChI is InChI=1S/C20H18F3N5O2S/c1-13-25-17-8-10-28(12-16(17)19(26-13)27-18-7-2-3-9-24-18)31(29,30)15-6-4-5-14(11-15)20(21,22)23/h2-7,9,11H,8,10,12H2,1H3,(H,24,25,26,27). The van der Waals surface area contributed by atoms with Gasteiger partial charge in [0.05, 0.1) is 16.2 Å². The summed E-state index contributed by atoms with van der Waals surface area (Å²) in [5.41, 5.74) is 0.252. The fourth-order valence-corrected chi connectivity index (χ4v) is 4.82. The van der Waals surface area contributed by atoms with Crippen LogP contribution in [0.25, 0.3) is 0 Å². The summed E-state index contributed by atoms with van der Waals surface area (Å²) >= 11 is 0. The minimum Gasteiger partial charge on any atom is -0.325 e. The Morgan fingerprint density at radius 3 is 2.61 bits per heavy atom. The third kappa shape index (κ3) is 4.37. The Morgan fingerprint density at radius 1 is 1.10 bits per heavy atom. The van der Waals surface area contributed by atoms with Gasteiger partial charge in [-0.3, -0.25) is 0 Å². The summed E-state index contributed by atoms with van der Waals surface area (Å²) in [5, 5.41) is 3.08. The number of hydrogen-bond donors (Lipinski definition) is 1. The number of anilines is 2. The molecule has 7 nitrogen and oxygen atoms in total. The molecule has 0 saturated heterocycles. The van der Waals surface area contributed by atoms with Crippen LogP contribution in [0.5, 0.6) is 0 Å². The highest BCUT2D eigenvalue weighted by Gasteiger charge is 2.35. The first-order valence-corrected chi connectivity index (χ1v) is 10.8. The smallest absolute Gasteiger partial charge is 0.325 e. The average Bonchev–Trinajstić information content (AvgIpc) is 2.73. The quantitative estimate of drug-likeness (QED) is 0.654. The first-order chi connectivity index (χ1) is 14.6. The maximum atomic E-state index is 13.1.